The molecule has 0 radical (unpaired) electrons. The normalized spacial score (nSPS) is 14.6. The van der Waals surface area contributed by atoms with Crippen LogP contribution in [0.1, 0.15) is 10.4 Å². The average molecular weight is 480 g/mol. The van der Waals surface area contributed by atoms with E-state index in [4.69, 9.17) is 16.3 Å². The Bertz CT molecular complexity index is 1070. The minimum Gasteiger partial charge on any atom is -0.454 e. The van der Waals surface area contributed by atoms with Crippen molar-refractivity contribution >= 4 is 39.4 Å². The number of halogens is 1. The van der Waals surface area contributed by atoms with E-state index in [1.165, 1.54) is 33.5 Å². The lowest BCUT2D eigenvalue weighted by Crippen LogP contribution is -2.51. The van der Waals surface area contributed by atoms with Gasteiger partial charge in [0.1, 0.15) is 6.54 Å². The molecule has 0 aromatic heterocycles. The highest BCUT2D eigenvalue weighted by molar-refractivity contribution is 7.89. The van der Waals surface area contributed by atoms with Gasteiger partial charge in [0.25, 0.3) is 11.8 Å². The lowest BCUT2D eigenvalue weighted by Gasteiger charge is -2.33. The third-order valence-electron chi connectivity index (χ3n) is 4.83. The number of nitrogens with one attached hydrogen (secondary N) is 1. The predicted molar refractivity (Wildman–Crippen MR) is 117 cm³/mol. The van der Waals surface area contributed by atoms with Crippen molar-refractivity contribution in [2.45, 2.75) is 4.90 Å². The smallest absolute Gasteiger partial charge is 0.325 e. The van der Waals surface area contributed by atoms with Crippen LogP contribution in [-0.2, 0) is 24.3 Å². The zero-order chi connectivity index (χ0) is 23.1. The maximum Gasteiger partial charge on any atom is 0.325 e. The van der Waals surface area contributed by atoms with Crippen molar-refractivity contribution in [1.82, 2.24) is 14.5 Å². The highest BCUT2D eigenvalue weighted by atomic mass is 35.5. The van der Waals surface area contributed by atoms with Crippen molar-refractivity contribution in [2.75, 3.05) is 39.3 Å². The zero-order valence-electron chi connectivity index (χ0n) is 17.1. The van der Waals surface area contributed by atoms with Crippen LogP contribution < -0.4 is 5.32 Å². The van der Waals surface area contributed by atoms with Crippen molar-refractivity contribution in [3.05, 3.63) is 65.2 Å². The van der Waals surface area contributed by atoms with E-state index in [1.807, 2.05) is 0 Å². The Hall–Kier alpha value is -2.95. The number of amides is 2. The van der Waals surface area contributed by atoms with Gasteiger partial charge in [0, 0.05) is 36.8 Å². The molecule has 9 nitrogen and oxygen atoms in total. The van der Waals surface area contributed by atoms with Gasteiger partial charge in [-0.05, 0) is 36.4 Å². The van der Waals surface area contributed by atoms with Crippen LogP contribution in [0, 0.1) is 0 Å². The SMILES string of the molecule is O=C(CNC(=O)c1ccc(Cl)cc1)OCC(=O)N1CCN(S(=O)(=O)c2ccccc2)CC1. The molecule has 1 heterocycles. The first-order chi connectivity index (χ1) is 15.3. The maximum atomic E-state index is 12.6. The second kappa shape index (κ2) is 10.6. The van der Waals surface area contributed by atoms with Gasteiger partial charge in [0.15, 0.2) is 6.61 Å². The Morgan fingerprint density at radius 3 is 2.19 bits per heavy atom. The summed E-state index contributed by atoms with van der Waals surface area (Å²) in [5.41, 5.74) is 0.335. The van der Waals surface area contributed by atoms with E-state index < -0.39 is 41.0 Å². The molecule has 0 bridgehead atoms. The van der Waals surface area contributed by atoms with Crippen LogP contribution >= 0.6 is 11.6 Å². The molecule has 2 aromatic rings. The first-order valence-corrected chi connectivity index (χ1v) is 11.6. The number of rotatable bonds is 7. The summed E-state index contributed by atoms with van der Waals surface area (Å²) in [6, 6.07) is 14.2. The molecule has 1 aliphatic heterocycles. The summed E-state index contributed by atoms with van der Waals surface area (Å²) < 4.78 is 31.5. The standard InChI is InChI=1S/C21H22ClN3O6S/c22-17-8-6-16(7-9-17)21(28)23-14-20(27)31-15-19(26)24-10-12-25(13-11-24)32(29,30)18-4-2-1-3-5-18/h1-9H,10-15H2,(H,23,28). The molecule has 2 aromatic carbocycles. The van der Waals surface area contributed by atoms with E-state index in [9.17, 15) is 22.8 Å². The average Bonchev–Trinajstić information content (AvgIpc) is 2.82. The second-order valence-electron chi connectivity index (χ2n) is 6.95. The molecule has 1 saturated heterocycles. The van der Waals surface area contributed by atoms with E-state index in [0.29, 0.717) is 10.6 Å². The van der Waals surface area contributed by atoms with Gasteiger partial charge in [0.2, 0.25) is 10.0 Å². The van der Waals surface area contributed by atoms with Crippen LogP contribution in [0.2, 0.25) is 5.02 Å². The lowest BCUT2D eigenvalue weighted by atomic mass is 10.2. The molecule has 32 heavy (non-hydrogen) atoms. The van der Waals surface area contributed by atoms with E-state index in [2.05, 4.69) is 5.32 Å². The Labute approximate surface area is 190 Å². The van der Waals surface area contributed by atoms with Crippen LogP contribution in [0.5, 0.6) is 0 Å². The Morgan fingerprint density at radius 2 is 1.56 bits per heavy atom. The minimum absolute atomic E-state index is 0.147. The molecule has 1 aliphatic rings. The lowest BCUT2D eigenvalue weighted by molar-refractivity contribution is -0.151. The molecule has 2 amide bonds. The van der Waals surface area contributed by atoms with Crippen molar-refractivity contribution < 1.29 is 27.5 Å². The van der Waals surface area contributed by atoms with Crippen molar-refractivity contribution in [3.63, 3.8) is 0 Å². The second-order valence-corrected chi connectivity index (χ2v) is 9.32. The number of hydrogen-bond donors (Lipinski definition) is 1. The number of ether oxygens (including phenoxy) is 1. The summed E-state index contributed by atoms with van der Waals surface area (Å²) in [6.45, 7) is -0.202. The fraction of sp³-hybridized carbons (Fsp3) is 0.286. The van der Waals surface area contributed by atoms with Gasteiger partial charge >= 0.3 is 5.97 Å². The highest BCUT2D eigenvalue weighted by Gasteiger charge is 2.30. The molecule has 170 valence electrons. The van der Waals surface area contributed by atoms with Crippen LogP contribution in [0.3, 0.4) is 0 Å². The Morgan fingerprint density at radius 1 is 0.938 bits per heavy atom. The fourth-order valence-electron chi connectivity index (χ4n) is 3.06. The molecule has 11 heteroatoms. The van der Waals surface area contributed by atoms with Crippen LogP contribution in [0.4, 0.5) is 0 Å². The third kappa shape index (κ3) is 6.06. The number of carbonyl (C=O) groups excluding carboxylic acids is 3. The van der Waals surface area contributed by atoms with Crippen molar-refractivity contribution in [3.8, 4) is 0 Å². The van der Waals surface area contributed by atoms with Gasteiger partial charge in [-0.15, -0.1) is 0 Å². The monoisotopic (exact) mass is 479 g/mol. The number of carbonyl (C=O) groups is 3. The van der Waals surface area contributed by atoms with Gasteiger partial charge in [-0.25, -0.2) is 8.42 Å². The highest BCUT2D eigenvalue weighted by Crippen LogP contribution is 2.17. The van der Waals surface area contributed by atoms with E-state index >= 15 is 0 Å². The molecule has 0 atom stereocenters. The van der Waals surface area contributed by atoms with Gasteiger partial charge in [-0.3, -0.25) is 14.4 Å². The largest absolute Gasteiger partial charge is 0.454 e. The topological polar surface area (TPSA) is 113 Å². The van der Waals surface area contributed by atoms with Gasteiger partial charge < -0.3 is 15.0 Å². The van der Waals surface area contributed by atoms with Gasteiger partial charge in [-0.2, -0.15) is 4.31 Å². The quantitative estimate of drug-likeness (QED) is 0.596. The van der Waals surface area contributed by atoms with Crippen molar-refractivity contribution in [1.29, 1.82) is 0 Å². The minimum atomic E-state index is -3.62. The van der Waals surface area contributed by atoms with Crippen LogP contribution in [0.25, 0.3) is 0 Å². The van der Waals surface area contributed by atoms with E-state index in [1.54, 1.807) is 30.3 Å². The molecule has 1 N–H and O–H groups in total. The van der Waals surface area contributed by atoms with Crippen molar-refractivity contribution in [2.24, 2.45) is 0 Å². The number of hydrogen-bond acceptors (Lipinski definition) is 6. The summed E-state index contributed by atoms with van der Waals surface area (Å²) in [7, 11) is -3.62. The molecular weight excluding hydrogens is 458 g/mol. The van der Waals surface area contributed by atoms with Gasteiger partial charge in [0.05, 0.1) is 4.90 Å². The van der Waals surface area contributed by atoms with E-state index in [0.717, 1.165) is 0 Å². The number of sulfonamides is 1. The maximum absolute atomic E-state index is 12.6. The molecule has 0 unspecified atom stereocenters. The summed E-state index contributed by atoms with van der Waals surface area (Å²) in [4.78, 5) is 37.8. The predicted octanol–water partition coefficient (Wildman–Crippen LogP) is 1.15. The molecule has 1 fully saturated rings. The number of benzene rings is 2. The van der Waals surface area contributed by atoms with Crippen LogP contribution in [-0.4, -0.2) is 74.7 Å². The first kappa shape index (κ1) is 23.7. The summed E-state index contributed by atoms with van der Waals surface area (Å²) in [5.74, 6) is -1.66. The number of esters is 1. The molecule has 0 saturated carbocycles. The third-order valence-corrected chi connectivity index (χ3v) is 6.99. The van der Waals surface area contributed by atoms with Gasteiger partial charge in [-0.1, -0.05) is 29.8 Å². The molecule has 0 aliphatic carbocycles. The fourth-order valence-corrected chi connectivity index (χ4v) is 4.63. The summed E-state index contributed by atoms with van der Waals surface area (Å²) in [6.07, 6.45) is 0. The summed E-state index contributed by atoms with van der Waals surface area (Å²) >= 11 is 5.76. The zero-order valence-corrected chi connectivity index (χ0v) is 18.6. The Balaban J connectivity index is 1.40. The number of nitrogens with zero attached hydrogens (tertiary/aromatic N) is 2. The number of piperazine rings is 1. The molecular formula is C21H22ClN3O6S. The molecule has 3 rings (SSSR count). The summed E-state index contributed by atoms with van der Waals surface area (Å²) in [5, 5.41) is 2.89. The molecule has 0 spiro atoms. The Kier molecular flexibility index (Phi) is 7.84. The van der Waals surface area contributed by atoms with Crippen LogP contribution in [0.15, 0.2) is 59.5 Å². The first-order valence-electron chi connectivity index (χ1n) is 9.80. The van der Waals surface area contributed by atoms with E-state index in [-0.39, 0.29) is 31.1 Å².